The molecule has 0 fully saturated rings. The lowest BCUT2D eigenvalue weighted by Gasteiger charge is -2.11. The number of fused-ring (bicyclic) bond motifs is 1. The molecule has 0 bridgehead atoms. The highest BCUT2D eigenvalue weighted by atomic mass is 16.5. The first-order valence-electron chi connectivity index (χ1n) is 10.2. The van der Waals surface area contributed by atoms with Crippen LogP contribution < -0.4 is 10.1 Å². The lowest BCUT2D eigenvalue weighted by atomic mass is 10.1. The van der Waals surface area contributed by atoms with Gasteiger partial charge in [-0.15, -0.1) is 0 Å². The molecule has 0 unspecified atom stereocenters. The van der Waals surface area contributed by atoms with Crippen LogP contribution in [0.25, 0.3) is 11.0 Å². The number of carbonyl (C=O) groups is 1. The molecule has 0 spiro atoms. The number of hydrogen-bond donors (Lipinski definition) is 1. The molecule has 0 aliphatic carbocycles. The van der Waals surface area contributed by atoms with Crippen LogP contribution >= 0.6 is 0 Å². The molecule has 0 saturated heterocycles. The van der Waals surface area contributed by atoms with E-state index < -0.39 is 0 Å². The highest BCUT2D eigenvalue weighted by Crippen LogP contribution is 2.17. The Morgan fingerprint density at radius 1 is 0.967 bits per heavy atom. The molecule has 3 aromatic carbocycles. The monoisotopic (exact) mass is 399 g/mol. The van der Waals surface area contributed by atoms with Gasteiger partial charge in [-0.2, -0.15) is 0 Å². The van der Waals surface area contributed by atoms with Gasteiger partial charge < -0.3 is 14.6 Å². The van der Waals surface area contributed by atoms with E-state index in [2.05, 4.69) is 16.0 Å². The van der Waals surface area contributed by atoms with Crippen molar-refractivity contribution in [1.29, 1.82) is 0 Å². The van der Waals surface area contributed by atoms with Gasteiger partial charge in [-0.05, 0) is 49.7 Å². The highest BCUT2D eigenvalue weighted by Gasteiger charge is 2.12. The zero-order chi connectivity index (χ0) is 20.8. The predicted octanol–water partition coefficient (Wildman–Crippen LogP) is 4.74. The zero-order valence-corrected chi connectivity index (χ0v) is 17.0. The van der Waals surface area contributed by atoms with Gasteiger partial charge in [-0.3, -0.25) is 4.79 Å². The second-order valence-corrected chi connectivity index (χ2v) is 7.23. The van der Waals surface area contributed by atoms with Crippen molar-refractivity contribution in [2.45, 2.75) is 26.4 Å². The quantitative estimate of drug-likeness (QED) is 0.435. The van der Waals surface area contributed by atoms with Gasteiger partial charge >= 0.3 is 0 Å². The second-order valence-electron chi connectivity index (χ2n) is 7.23. The van der Waals surface area contributed by atoms with Crippen molar-refractivity contribution in [2.24, 2.45) is 0 Å². The van der Waals surface area contributed by atoms with Gasteiger partial charge in [0.2, 0.25) is 0 Å². The average Bonchev–Trinajstić information content (AvgIpc) is 3.14. The molecule has 1 amide bonds. The summed E-state index contributed by atoms with van der Waals surface area (Å²) >= 11 is 0. The Hall–Kier alpha value is -3.60. The lowest BCUT2D eigenvalue weighted by molar-refractivity contribution is 0.0949. The molecule has 5 nitrogen and oxygen atoms in total. The fourth-order valence-corrected chi connectivity index (χ4v) is 3.41. The minimum absolute atomic E-state index is 0.0963. The number of amides is 1. The highest BCUT2D eigenvalue weighted by molar-refractivity contribution is 5.94. The molecule has 152 valence electrons. The maximum absolute atomic E-state index is 12.5. The summed E-state index contributed by atoms with van der Waals surface area (Å²) in [5, 5.41) is 3.00. The Kier molecular flexibility index (Phi) is 6.09. The summed E-state index contributed by atoms with van der Waals surface area (Å²) < 4.78 is 7.98. The van der Waals surface area contributed by atoms with Gasteiger partial charge in [0.05, 0.1) is 24.2 Å². The van der Waals surface area contributed by atoms with E-state index >= 15 is 0 Å². The Labute approximate surface area is 176 Å². The summed E-state index contributed by atoms with van der Waals surface area (Å²) in [5.74, 6) is 1.62. The van der Waals surface area contributed by atoms with Gasteiger partial charge in [-0.25, -0.2) is 4.98 Å². The third-order valence-electron chi connectivity index (χ3n) is 4.99. The van der Waals surface area contributed by atoms with Crippen molar-refractivity contribution in [3.63, 3.8) is 0 Å². The van der Waals surface area contributed by atoms with Crippen LogP contribution in [0.1, 0.15) is 28.2 Å². The third kappa shape index (κ3) is 4.69. The molecule has 0 aliphatic rings. The molecule has 1 aromatic heterocycles. The Bertz CT molecular complexity index is 1120. The number of nitrogens with one attached hydrogen (secondary N) is 1. The Balaban J connectivity index is 1.43. The third-order valence-corrected chi connectivity index (χ3v) is 4.99. The van der Waals surface area contributed by atoms with Crippen LogP contribution in [0.5, 0.6) is 5.75 Å². The molecule has 5 heteroatoms. The number of carbonyl (C=O) groups excluding carboxylic acids is 1. The standard InChI is InChI=1S/C25H25N3O2/c1-19-12-14-20(15-13-19)25(29)26-18-24-27-22-10-5-6-11-23(22)28(24)16-7-17-30-21-8-3-2-4-9-21/h2-6,8-15H,7,16-18H2,1H3,(H,26,29). The van der Waals surface area contributed by atoms with Crippen LogP contribution in [0, 0.1) is 6.92 Å². The molecule has 0 radical (unpaired) electrons. The first-order chi connectivity index (χ1) is 14.7. The van der Waals surface area contributed by atoms with E-state index in [0.29, 0.717) is 18.7 Å². The second kappa shape index (κ2) is 9.27. The maximum Gasteiger partial charge on any atom is 0.251 e. The fourth-order valence-electron chi connectivity index (χ4n) is 3.41. The summed E-state index contributed by atoms with van der Waals surface area (Å²) in [5.41, 5.74) is 3.78. The first kappa shape index (κ1) is 19.7. The first-order valence-corrected chi connectivity index (χ1v) is 10.2. The summed E-state index contributed by atoms with van der Waals surface area (Å²) in [4.78, 5) is 17.2. The molecule has 4 aromatic rings. The zero-order valence-electron chi connectivity index (χ0n) is 17.0. The number of ether oxygens (including phenoxy) is 1. The number of nitrogens with zero attached hydrogens (tertiary/aromatic N) is 2. The largest absolute Gasteiger partial charge is 0.494 e. The number of benzene rings is 3. The van der Waals surface area contributed by atoms with Gasteiger partial charge in [0.25, 0.3) is 5.91 Å². The molecule has 30 heavy (non-hydrogen) atoms. The number of imidazole rings is 1. The normalized spacial score (nSPS) is 10.8. The number of rotatable bonds is 8. The summed E-state index contributed by atoms with van der Waals surface area (Å²) in [6.45, 7) is 3.77. The minimum atomic E-state index is -0.0963. The molecule has 0 saturated carbocycles. The summed E-state index contributed by atoms with van der Waals surface area (Å²) in [7, 11) is 0. The van der Waals surface area contributed by atoms with Crippen molar-refractivity contribution in [2.75, 3.05) is 6.61 Å². The molecule has 4 rings (SSSR count). The van der Waals surface area contributed by atoms with Gasteiger partial charge in [0.15, 0.2) is 0 Å². The van der Waals surface area contributed by atoms with Crippen LogP contribution in [0.2, 0.25) is 0 Å². The van der Waals surface area contributed by atoms with E-state index in [1.54, 1.807) is 0 Å². The molecule has 1 N–H and O–H groups in total. The van der Waals surface area contributed by atoms with E-state index in [-0.39, 0.29) is 5.91 Å². The van der Waals surface area contributed by atoms with E-state index in [4.69, 9.17) is 9.72 Å². The van der Waals surface area contributed by atoms with Crippen molar-refractivity contribution in [1.82, 2.24) is 14.9 Å². The van der Waals surface area contributed by atoms with Crippen LogP contribution in [0.4, 0.5) is 0 Å². The fraction of sp³-hybridized carbons (Fsp3) is 0.200. The van der Waals surface area contributed by atoms with Crippen LogP contribution in [-0.2, 0) is 13.1 Å². The van der Waals surface area contributed by atoms with Crippen molar-refractivity contribution in [3.8, 4) is 5.75 Å². The van der Waals surface area contributed by atoms with Crippen molar-refractivity contribution in [3.05, 3.63) is 95.8 Å². The minimum Gasteiger partial charge on any atom is -0.494 e. The topological polar surface area (TPSA) is 56.2 Å². The Morgan fingerprint density at radius 2 is 1.70 bits per heavy atom. The SMILES string of the molecule is Cc1ccc(C(=O)NCc2nc3ccccc3n2CCCOc2ccccc2)cc1. The van der Waals surface area contributed by atoms with Crippen molar-refractivity contribution >= 4 is 16.9 Å². The molecule has 1 heterocycles. The number of hydrogen-bond acceptors (Lipinski definition) is 3. The number of aryl methyl sites for hydroxylation is 2. The molecule has 0 atom stereocenters. The lowest BCUT2D eigenvalue weighted by Crippen LogP contribution is -2.25. The van der Waals surface area contributed by atoms with Gasteiger partial charge in [-0.1, -0.05) is 48.0 Å². The van der Waals surface area contributed by atoms with E-state index in [1.807, 2.05) is 79.7 Å². The predicted molar refractivity (Wildman–Crippen MR) is 119 cm³/mol. The van der Waals surface area contributed by atoms with Crippen LogP contribution in [0.3, 0.4) is 0 Å². The van der Waals surface area contributed by atoms with Crippen LogP contribution in [0.15, 0.2) is 78.9 Å². The average molecular weight is 399 g/mol. The maximum atomic E-state index is 12.5. The number of para-hydroxylation sites is 3. The van der Waals surface area contributed by atoms with Gasteiger partial charge in [0, 0.05) is 12.1 Å². The Morgan fingerprint density at radius 3 is 2.50 bits per heavy atom. The summed E-state index contributed by atoms with van der Waals surface area (Å²) in [6.07, 6.45) is 0.841. The van der Waals surface area contributed by atoms with Gasteiger partial charge in [0.1, 0.15) is 11.6 Å². The van der Waals surface area contributed by atoms with Crippen LogP contribution in [-0.4, -0.2) is 22.1 Å². The van der Waals surface area contributed by atoms with E-state index in [0.717, 1.165) is 41.1 Å². The van der Waals surface area contributed by atoms with Crippen molar-refractivity contribution < 1.29 is 9.53 Å². The molecular weight excluding hydrogens is 374 g/mol. The molecule has 0 aliphatic heterocycles. The number of aromatic nitrogens is 2. The molecular formula is C25H25N3O2. The smallest absolute Gasteiger partial charge is 0.251 e. The van der Waals surface area contributed by atoms with E-state index in [9.17, 15) is 4.79 Å². The summed E-state index contributed by atoms with van der Waals surface area (Å²) in [6, 6.07) is 25.4. The van der Waals surface area contributed by atoms with E-state index in [1.165, 1.54) is 0 Å².